The van der Waals surface area contributed by atoms with Gasteiger partial charge in [0, 0.05) is 19.5 Å². The Labute approximate surface area is 478 Å². The molecule has 1 rings (SSSR count). The molecule has 0 spiro atoms. The van der Waals surface area contributed by atoms with Crippen molar-refractivity contribution in [3.8, 4) is 0 Å². The molecule has 0 radical (unpaired) electrons. The van der Waals surface area contributed by atoms with Crippen molar-refractivity contribution in [2.75, 3.05) is 45.8 Å². The Kier molecular flexibility index (Phi) is 36.0. The lowest BCUT2D eigenvalue weighted by Gasteiger charge is -2.29. The summed E-state index contributed by atoms with van der Waals surface area (Å²) in [6.45, 7) is 13.2. The van der Waals surface area contributed by atoms with Gasteiger partial charge in [-0.05, 0) is 122 Å². The number of nitrogens with two attached hydrogens (primary N) is 5. The third kappa shape index (κ3) is 28.3. The largest absolute Gasteiger partial charge is 0.391 e. The molecule has 466 valence electrons. The summed E-state index contributed by atoms with van der Waals surface area (Å²) in [6, 6.07) is -13.0. The zero-order valence-corrected chi connectivity index (χ0v) is 49.2. The summed E-state index contributed by atoms with van der Waals surface area (Å²) in [5, 5.41) is 50.9. The topological polar surface area (TPSA) is 474 Å². The SMILES string of the molecule is CCC(C)CCCCC(=O)N[C@@H](CCN)C(=O)N[C@@H](CN[C@@H](CCN)C(=O)N[C@H]1CCNC(=O)[C@H]([C@@H](C)O)NC(=O)[C@H](CCN)NC(=O)[C@H](CCN)NC(=O)[C@H](CC(C)C)NC(=O)[C@@H](CC(C)C)NC(=O)[C@H](CCN)NC1=O)[C@@H](C)O. The number of hydrogen-bond donors (Lipinski definition) is 18. The zero-order chi connectivity index (χ0) is 61.4. The molecule has 13 atom stereocenters. The molecular formula is C53H102N16O12. The molecular weight excluding hydrogens is 1050 g/mol. The van der Waals surface area contributed by atoms with Crippen LogP contribution in [0.5, 0.6) is 0 Å². The molecule has 1 aliphatic rings. The summed E-state index contributed by atoms with van der Waals surface area (Å²) in [4.78, 5) is 139. The summed E-state index contributed by atoms with van der Waals surface area (Å²) in [6.07, 6.45) is 0.461. The van der Waals surface area contributed by atoms with Gasteiger partial charge in [-0.1, -0.05) is 60.8 Å². The van der Waals surface area contributed by atoms with Crippen LogP contribution in [-0.2, 0) is 47.9 Å². The molecule has 23 N–H and O–H groups in total. The van der Waals surface area contributed by atoms with Gasteiger partial charge >= 0.3 is 0 Å². The molecule has 81 heavy (non-hydrogen) atoms. The number of amides is 10. The van der Waals surface area contributed by atoms with Crippen LogP contribution >= 0.6 is 0 Å². The molecule has 1 unspecified atom stereocenters. The van der Waals surface area contributed by atoms with Crippen LogP contribution in [0, 0.1) is 17.8 Å². The molecule has 0 aromatic heterocycles. The maximum absolute atomic E-state index is 14.4. The van der Waals surface area contributed by atoms with Crippen molar-refractivity contribution in [3.05, 3.63) is 0 Å². The van der Waals surface area contributed by atoms with Crippen molar-refractivity contribution >= 4 is 59.1 Å². The average molecular weight is 1160 g/mol. The first kappa shape index (κ1) is 73.4. The molecule has 1 aliphatic heterocycles. The van der Waals surface area contributed by atoms with E-state index in [1.807, 2.05) is 0 Å². The monoisotopic (exact) mass is 1150 g/mol. The molecule has 0 bridgehead atoms. The van der Waals surface area contributed by atoms with E-state index in [0.29, 0.717) is 12.3 Å². The van der Waals surface area contributed by atoms with Crippen molar-refractivity contribution < 1.29 is 58.2 Å². The fourth-order valence-corrected chi connectivity index (χ4v) is 8.80. The van der Waals surface area contributed by atoms with E-state index in [2.05, 4.69) is 72.3 Å². The predicted octanol–water partition coefficient (Wildman–Crippen LogP) is -4.97. The van der Waals surface area contributed by atoms with Gasteiger partial charge in [0.25, 0.3) is 0 Å². The predicted molar refractivity (Wildman–Crippen MR) is 305 cm³/mol. The molecule has 28 nitrogen and oxygen atoms in total. The Balaban J connectivity index is 3.76. The third-order valence-corrected chi connectivity index (χ3v) is 13.8. The van der Waals surface area contributed by atoms with E-state index in [9.17, 15) is 58.2 Å². The van der Waals surface area contributed by atoms with Gasteiger partial charge in [-0.2, -0.15) is 0 Å². The van der Waals surface area contributed by atoms with Gasteiger partial charge in [-0.3, -0.25) is 47.9 Å². The second kappa shape index (κ2) is 39.7. The van der Waals surface area contributed by atoms with Crippen LogP contribution in [-0.4, -0.2) is 188 Å². The van der Waals surface area contributed by atoms with Gasteiger partial charge in [0.05, 0.1) is 24.3 Å². The number of rotatable bonds is 30. The molecule has 0 aliphatic carbocycles. The van der Waals surface area contributed by atoms with E-state index in [-0.39, 0.29) is 121 Å². The normalized spacial score (nSPS) is 23.7. The van der Waals surface area contributed by atoms with E-state index >= 15 is 0 Å². The van der Waals surface area contributed by atoms with Crippen LogP contribution < -0.4 is 87.2 Å². The zero-order valence-electron chi connectivity index (χ0n) is 49.2. The summed E-state index contributed by atoms with van der Waals surface area (Å²) in [5.74, 6) is -7.55. The molecule has 0 saturated carbocycles. The maximum atomic E-state index is 14.4. The van der Waals surface area contributed by atoms with Gasteiger partial charge in [-0.15, -0.1) is 0 Å². The molecule has 0 aromatic carbocycles. The van der Waals surface area contributed by atoms with Crippen molar-refractivity contribution in [1.82, 2.24) is 58.5 Å². The van der Waals surface area contributed by atoms with Crippen LogP contribution in [0.2, 0.25) is 0 Å². The molecule has 1 heterocycles. The van der Waals surface area contributed by atoms with Crippen molar-refractivity contribution in [2.24, 2.45) is 46.4 Å². The molecule has 1 fully saturated rings. The lowest BCUT2D eigenvalue weighted by molar-refractivity contribution is -0.136. The Hall–Kier alpha value is -5.62. The Morgan fingerprint density at radius 2 is 1.01 bits per heavy atom. The highest BCUT2D eigenvalue weighted by atomic mass is 16.3. The van der Waals surface area contributed by atoms with E-state index in [1.165, 1.54) is 13.8 Å². The van der Waals surface area contributed by atoms with Crippen LogP contribution in [0.1, 0.15) is 139 Å². The Bertz CT molecular complexity index is 1980. The minimum Gasteiger partial charge on any atom is -0.391 e. The van der Waals surface area contributed by atoms with Gasteiger partial charge in [0.1, 0.15) is 48.3 Å². The Morgan fingerprint density at radius 1 is 0.556 bits per heavy atom. The Morgan fingerprint density at radius 3 is 1.46 bits per heavy atom. The highest BCUT2D eigenvalue weighted by Gasteiger charge is 2.36. The fourth-order valence-electron chi connectivity index (χ4n) is 8.80. The van der Waals surface area contributed by atoms with E-state index in [1.54, 1.807) is 27.7 Å². The summed E-state index contributed by atoms with van der Waals surface area (Å²) < 4.78 is 0. The molecule has 1 saturated heterocycles. The number of aliphatic hydroxyl groups is 2. The highest BCUT2D eigenvalue weighted by molar-refractivity contribution is 5.98. The smallest absolute Gasteiger partial charge is 0.245 e. The first-order valence-corrected chi connectivity index (χ1v) is 28.9. The second-order valence-corrected chi connectivity index (χ2v) is 22.0. The van der Waals surface area contributed by atoms with Crippen LogP contribution in [0.15, 0.2) is 0 Å². The summed E-state index contributed by atoms with van der Waals surface area (Å²) >= 11 is 0. The van der Waals surface area contributed by atoms with Crippen molar-refractivity contribution in [3.63, 3.8) is 0 Å². The standard InChI is InChI=1S/C53H102N16O12/c1-9-31(6)12-10-11-13-43(72)61-35(15-21-55)46(74)68-42(32(7)70)28-60-34(14-20-54)45(73)65-39-19-25-59-53(81)44(33(8)71)69-50(78)38(18-24-58)63-47(75)36(16-22-56)64-51(79)40(26-29(2)3)67-52(80)41(27-30(4)5)66-48(76)37(17-23-57)62-49(39)77/h29-42,44,60,70-71H,9-28,54-58H2,1-8H3,(H,59,81)(H,61,72)(H,62,77)(H,63,75)(H,64,79)(H,65,73)(H,66,76)(H,67,80)(H,68,74)(H,69,78)/t31?,32-,33-,34+,35+,36+,37+,38+,39+,40+,41-,42+,44+/m1/s1. The molecule has 10 amide bonds. The average Bonchev–Trinajstić information content (AvgIpc) is 3.41. The minimum absolute atomic E-state index is 0.0352. The van der Waals surface area contributed by atoms with Gasteiger partial charge < -0.3 is 97.4 Å². The van der Waals surface area contributed by atoms with Crippen molar-refractivity contribution in [1.29, 1.82) is 0 Å². The quantitative estimate of drug-likeness (QED) is 0.0300. The van der Waals surface area contributed by atoms with E-state index in [4.69, 9.17) is 28.7 Å². The number of unbranched alkanes of at least 4 members (excludes halogenated alkanes) is 1. The number of carbonyl (C=O) groups is 10. The summed E-state index contributed by atoms with van der Waals surface area (Å²) in [7, 11) is 0. The number of aliphatic hydroxyl groups excluding tert-OH is 2. The van der Waals surface area contributed by atoms with E-state index in [0.717, 1.165) is 19.3 Å². The van der Waals surface area contributed by atoms with E-state index < -0.39 is 126 Å². The van der Waals surface area contributed by atoms with Gasteiger partial charge in [-0.25, -0.2) is 0 Å². The fraction of sp³-hybridized carbons (Fsp3) is 0.811. The molecule has 0 aromatic rings. The van der Waals surface area contributed by atoms with Crippen molar-refractivity contribution in [2.45, 2.75) is 211 Å². The van der Waals surface area contributed by atoms with Crippen LogP contribution in [0.3, 0.4) is 0 Å². The lowest BCUT2D eigenvalue weighted by Crippen LogP contribution is -2.61. The molecule has 28 heteroatoms. The first-order valence-electron chi connectivity index (χ1n) is 28.9. The third-order valence-electron chi connectivity index (χ3n) is 13.8. The van der Waals surface area contributed by atoms with Gasteiger partial charge in [0.15, 0.2) is 0 Å². The summed E-state index contributed by atoms with van der Waals surface area (Å²) in [5.41, 5.74) is 29.4. The van der Waals surface area contributed by atoms with Gasteiger partial charge in [0.2, 0.25) is 59.1 Å². The van der Waals surface area contributed by atoms with Crippen LogP contribution in [0.25, 0.3) is 0 Å². The minimum atomic E-state index is -1.64. The number of hydrogen-bond acceptors (Lipinski definition) is 18. The second-order valence-electron chi connectivity index (χ2n) is 22.0. The highest BCUT2D eigenvalue weighted by Crippen LogP contribution is 2.14. The number of carbonyl (C=O) groups excluding carboxylic acids is 10. The lowest BCUT2D eigenvalue weighted by atomic mass is 9.99. The first-order chi connectivity index (χ1) is 38.3. The van der Waals surface area contributed by atoms with Crippen LogP contribution in [0.4, 0.5) is 0 Å². The number of nitrogens with one attached hydrogen (secondary N) is 11. The maximum Gasteiger partial charge on any atom is 0.245 e.